The lowest BCUT2D eigenvalue weighted by Gasteiger charge is -2.38. The van der Waals surface area contributed by atoms with Crippen molar-refractivity contribution in [3.05, 3.63) is 47.5 Å². The molecule has 2 aromatic rings. The van der Waals surface area contributed by atoms with E-state index in [1.54, 1.807) is 25.7 Å². The highest BCUT2D eigenvalue weighted by molar-refractivity contribution is 6.74. The average Bonchev–Trinajstić information content (AvgIpc) is 3.67. The minimum absolute atomic E-state index is 0.00548. The highest BCUT2D eigenvalue weighted by atomic mass is 28.4. The predicted molar refractivity (Wildman–Crippen MR) is 250 cm³/mol. The average molecular weight is 899 g/mol. The molecule has 0 spiro atoms. The summed E-state index contributed by atoms with van der Waals surface area (Å²) in [5.41, 5.74) is 7.11. The molecule has 2 saturated heterocycles. The van der Waals surface area contributed by atoms with E-state index in [1.165, 1.54) is 38.5 Å². The van der Waals surface area contributed by atoms with Gasteiger partial charge in [-0.05, 0) is 87.4 Å². The first-order valence-electron chi connectivity index (χ1n) is 21.4. The first-order chi connectivity index (χ1) is 28.3. The number of nitrogens with two attached hydrogens (primary N) is 1. The van der Waals surface area contributed by atoms with Gasteiger partial charge in [0.15, 0.2) is 28.1 Å². The van der Waals surface area contributed by atoms with Crippen LogP contribution in [0.25, 0.3) is 0 Å². The molecule has 2 atom stereocenters. The van der Waals surface area contributed by atoms with E-state index in [1.807, 2.05) is 4.90 Å². The van der Waals surface area contributed by atoms with Gasteiger partial charge in [-0.3, -0.25) is 24.7 Å². The SMILES string of the molecule is C=C1C[C@@H](CO[Si](C)(C)C(C)(C)C)N(C(=O)c2cc(OC)c(OOc3cc(NC(=O)OC(C)(C)C)c(C(=O)N4CC(C)(C)C[C@H]4CO[Si](C)(C)C(C)(C)C)cc3OC)cc2N)C1. The number of ether oxygens (including phenoxy) is 3. The summed E-state index contributed by atoms with van der Waals surface area (Å²) in [6, 6.07) is 5.51. The second kappa shape index (κ2) is 18.5. The first-order valence-corrected chi connectivity index (χ1v) is 27.2. The molecule has 16 heteroatoms. The van der Waals surface area contributed by atoms with Crippen molar-refractivity contribution in [1.29, 1.82) is 0 Å². The van der Waals surface area contributed by atoms with Gasteiger partial charge in [0.25, 0.3) is 11.8 Å². The molecule has 4 rings (SSSR count). The fourth-order valence-electron chi connectivity index (χ4n) is 6.96. The Labute approximate surface area is 372 Å². The first kappa shape index (κ1) is 50.4. The normalized spacial score (nSPS) is 18.4. The standard InChI is InChI=1S/C46H74N4O10Si2/c1-29-19-30(26-56-61(15,16)44(5,6)7)49(25-29)40(51)32-20-36(54-13)38(22-34(32)47)59-60-39-23-35(48-42(53)58-43(2,3)4)33(21-37(39)55-14)41(52)50-28-46(11,12)24-31(50)27-57-62(17,18)45(8,9)10/h20-23,30-31H,1,19,24-28,47H2,2-18H3,(H,48,53)/t30-,31-/m0/s1. The predicted octanol–water partition coefficient (Wildman–Crippen LogP) is 10.1. The van der Waals surface area contributed by atoms with E-state index in [2.05, 4.69) is 93.5 Å². The van der Waals surface area contributed by atoms with Gasteiger partial charge in [-0.1, -0.05) is 67.5 Å². The van der Waals surface area contributed by atoms with E-state index in [4.69, 9.17) is 38.6 Å². The molecule has 2 heterocycles. The fraction of sp³-hybridized carbons (Fsp3) is 0.630. The van der Waals surface area contributed by atoms with Gasteiger partial charge < -0.3 is 38.6 Å². The van der Waals surface area contributed by atoms with Crippen LogP contribution in [0.15, 0.2) is 36.4 Å². The molecule has 0 aromatic heterocycles. The van der Waals surface area contributed by atoms with Crippen molar-refractivity contribution in [2.45, 2.75) is 143 Å². The van der Waals surface area contributed by atoms with Crippen LogP contribution in [0.5, 0.6) is 23.0 Å². The van der Waals surface area contributed by atoms with E-state index >= 15 is 0 Å². The number of nitrogen functional groups attached to an aromatic ring is 1. The quantitative estimate of drug-likeness (QED) is 0.0611. The minimum atomic E-state index is -2.13. The number of carbonyl (C=O) groups is 3. The number of benzene rings is 2. The number of anilines is 2. The van der Waals surface area contributed by atoms with Gasteiger partial charge in [0.2, 0.25) is 11.5 Å². The number of nitrogens with zero attached hydrogens (tertiary/aromatic N) is 2. The van der Waals surface area contributed by atoms with Crippen molar-refractivity contribution < 1.29 is 47.2 Å². The molecule has 2 aliphatic heterocycles. The maximum Gasteiger partial charge on any atom is 0.412 e. The van der Waals surface area contributed by atoms with Crippen LogP contribution in [-0.4, -0.2) is 103 Å². The van der Waals surface area contributed by atoms with Gasteiger partial charge in [0, 0.05) is 30.9 Å². The van der Waals surface area contributed by atoms with Crippen molar-refractivity contribution in [3.8, 4) is 23.0 Å². The van der Waals surface area contributed by atoms with Gasteiger partial charge in [0.05, 0.1) is 56.3 Å². The highest BCUT2D eigenvalue weighted by Gasteiger charge is 2.45. The van der Waals surface area contributed by atoms with Crippen LogP contribution in [0.4, 0.5) is 16.2 Å². The van der Waals surface area contributed by atoms with E-state index < -0.39 is 28.3 Å². The summed E-state index contributed by atoms with van der Waals surface area (Å²) in [7, 11) is -1.33. The lowest BCUT2D eigenvalue weighted by atomic mass is 9.91. The number of nitrogens with one attached hydrogen (secondary N) is 1. The van der Waals surface area contributed by atoms with Crippen molar-refractivity contribution >= 4 is 45.9 Å². The van der Waals surface area contributed by atoms with Crippen LogP contribution < -0.4 is 30.3 Å². The summed E-state index contributed by atoms with van der Waals surface area (Å²) < 4.78 is 30.1. The molecule has 3 N–H and O–H groups in total. The number of carbonyl (C=O) groups excluding carboxylic acids is 3. The van der Waals surface area contributed by atoms with E-state index in [0.29, 0.717) is 32.7 Å². The van der Waals surface area contributed by atoms with Gasteiger partial charge in [0.1, 0.15) is 5.60 Å². The Bertz CT molecular complexity index is 2000. The summed E-state index contributed by atoms with van der Waals surface area (Å²) in [5.74, 6) is -0.190. The van der Waals surface area contributed by atoms with Crippen molar-refractivity contribution in [2.75, 3.05) is 51.6 Å². The van der Waals surface area contributed by atoms with Crippen LogP contribution in [0.2, 0.25) is 36.3 Å². The zero-order valence-electron chi connectivity index (χ0n) is 40.5. The molecule has 62 heavy (non-hydrogen) atoms. The topological polar surface area (TPSA) is 160 Å². The molecular weight excluding hydrogens is 825 g/mol. The maximum absolute atomic E-state index is 14.7. The fourth-order valence-corrected chi connectivity index (χ4v) is 9.04. The highest BCUT2D eigenvalue weighted by Crippen LogP contribution is 2.43. The third kappa shape index (κ3) is 12.1. The zero-order chi connectivity index (χ0) is 47.0. The summed E-state index contributed by atoms with van der Waals surface area (Å²) >= 11 is 0. The lowest BCUT2D eigenvalue weighted by Crippen LogP contribution is -2.46. The number of likely N-dealkylation sites (tertiary alicyclic amines) is 2. The molecule has 2 aliphatic rings. The Balaban J connectivity index is 1.65. The molecule has 2 aromatic carbocycles. The van der Waals surface area contributed by atoms with Crippen LogP contribution in [-0.2, 0) is 13.6 Å². The summed E-state index contributed by atoms with van der Waals surface area (Å²) in [4.78, 5) is 57.3. The molecule has 3 amide bonds. The van der Waals surface area contributed by atoms with E-state index in [9.17, 15) is 14.4 Å². The number of amides is 3. The van der Waals surface area contributed by atoms with Crippen molar-refractivity contribution in [1.82, 2.24) is 9.80 Å². The van der Waals surface area contributed by atoms with Crippen LogP contribution >= 0.6 is 0 Å². The molecule has 0 unspecified atom stereocenters. The van der Waals surface area contributed by atoms with Gasteiger partial charge in [-0.25, -0.2) is 4.79 Å². The Morgan fingerprint density at radius 3 is 1.74 bits per heavy atom. The Morgan fingerprint density at radius 1 is 0.758 bits per heavy atom. The second-order valence-corrected chi connectivity index (χ2v) is 31.2. The van der Waals surface area contributed by atoms with E-state index in [-0.39, 0.29) is 84.9 Å². The van der Waals surface area contributed by atoms with Crippen LogP contribution in [0, 0.1) is 5.41 Å². The van der Waals surface area contributed by atoms with E-state index in [0.717, 1.165) is 12.0 Å². The smallest absolute Gasteiger partial charge is 0.412 e. The van der Waals surface area contributed by atoms with Crippen molar-refractivity contribution in [2.24, 2.45) is 5.41 Å². The van der Waals surface area contributed by atoms with Gasteiger partial charge >= 0.3 is 6.09 Å². The number of methoxy groups -OCH3 is 2. The van der Waals surface area contributed by atoms with Crippen LogP contribution in [0.1, 0.15) is 110 Å². The Morgan fingerprint density at radius 2 is 1.24 bits per heavy atom. The largest absolute Gasteiger partial charge is 0.493 e. The number of hydrogen-bond donors (Lipinski definition) is 2. The second-order valence-electron chi connectivity index (χ2n) is 21.6. The van der Waals surface area contributed by atoms with Crippen molar-refractivity contribution in [3.63, 3.8) is 0 Å². The maximum atomic E-state index is 14.7. The number of hydrogen-bond acceptors (Lipinski definition) is 11. The van der Waals surface area contributed by atoms with Gasteiger partial charge in [-0.2, -0.15) is 0 Å². The van der Waals surface area contributed by atoms with Gasteiger partial charge in [-0.15, -0.1) is 0 Å². The molecule has 0 saturated carbocycles. The molecule has 0 bridgehead atoms. The summed E-state index contributed by atoms with van der Waals surface area (Å²) in [5, 5.41) is 2.77. The Kier molecular flexibility index (Phi) is 15.0. The molecule has 0 aliphatic carbocycles. The third-order valence-electron chi connectivity index (χ3n) is 12.6. The lowest BCUT2D eigenvalue weighted by molar-refractivity contribution is -0.103. The zero-order valence-corrected chi connectivity index (χ0v) is 42.5. The minimum Gasteiger partial charge on any atom is -0.493 e. The molecule has 0 radical (unpaired) electrons. The number of rotatable bonds is 14. The molecule has 346 valence electrons. The monoisotopic (exact) mass is 898 g/mol. The molecule has 14 nitrogen and oxygen atoms in total. The Hall–Kier alpha value is -4.26. The molecular formula is C46H74N4O10Si2. The third-order valence-corrected chi connectivity index (χ3v) is 21.6. The van der Waals surface area contributed by atoms with Crippen LogP contribution in [0.3, 0.4) is 0 Å². The molecule has 2 fully saturated rings. The summed E-state index contributed by atoms with van der Waals surface area (Å²) in [6.07, 6.45) is 0.600. The summed E-state index contributed by atoms with van der Waals surface area (Å²) in [6.45, 7) is 37.2.